The lowest BCUT2D eigenvalue weighted by atomic mass is 10.1. The quantitative estimate of drug-likeness (QED) is 0.594. The molecule has 0 aliphatic rings. The summed E-state index contributed by atoms with van der Waals surface area (Å²) < 4.78 is 48.7. The van der Waals surface area contributed by atoms with Gasteiger partial charge in [-0.2, -0.15) is 13.2 Å². The van der Waals surface area contributed by atoms with Crippen LogP contribution in [0.1, 0.15) is 11.1 Å². The Hall–Kier alpha value is -3.27. The van der Waals surface area contributed by atoms with Gasteiger partial charge < -0.3 is 19.7 Å². The average Bonchev–Trinajstić information content (AvgIpc) is 2.73. The van der Waals surface area contributed by atoms with Crippen LogP contribution in [-0.4, -0.2) is 50.0 Å². The van der Waals surface area contributed by atoms with Crippen molar-refractivity contribution in [3.8, 4) is 5.75 Å². The summed E-state index contributed by atoms with van der Waals surface area (Å²) >= 11 is 5.54. The summed E-state index contributed by atoms with van der Waals surface area (Å²) in [4.78, 5) is 37.0. The Morgan fingerprint density at radius 2 is 1.75 bits per heavy atom. The summed E-state index contributed by atoms with van der Waals surface area (Å²) in [6.07, 6.45) is -4.74. The minimum absolute atomic E-state index is 0.0560. The molecular formula is C21H20ClF3N2O5. The number of alkyl halides is 3. The molecule has 0 fully saturated rings. The Morgan fingerprint density at radius 3 is 2.34 bits per heavy atom. The lowest BCUT2D eigenvalue weighted by Gasteiger charge is -2.17. The number of nitrogens with one attached hydrogen (secondary N) is 1. The number of esters is 1. The summed E-state index contributed by atoms with van der Waals surface area (Å²) in [7, 11) is 2.81. The SMILES string of the molecule is COc1ccc(CC(=O)OCC(=O)N(C)CC(=O)Nc2ccc(Cl)c(C(F)(F)F)c2)cc1. The van der Waals surface area contributed by atoms with Gasteiger partial charge in [-0.1, -0.05) is 23.7 Å². The third-order valence-electron chi connectivity index (χ3n) is 4.23. The largest absolute Gasteiger partial charge is 0.497 e. The van der Waals surface area contributed by atoms with Crippen molar-refractivity contribution in [1.29, 1.82) is 0 Å². The molecule has 32 heavy (non-hydrogen) atoms. The molecule has 0 aliphatic carbocycles. The highest BCUT2D eigenvalue weighted by atomic mass is 35.5. The van der Waals surface area contributed by atoms with Crippen molar-refractivity contribution < 1.29 is 37.0 Å². The number of halogens is 4. The van der Waals surface area contributed by atoms with E-state index in [4.69, 9.17) is 21.1 Å². The highest BCUT2D eigenvalue weighted by Crippen LogP contribution is 2.36. The van der Waals surface area contributed by atoms with E-state index in [0.717, 1.165) is 11.0 Å². The lowest BCUT2D eigenvalue weighted by molar-refractivity contribution is -0.151. The van der Waals surface area contributed by atoms with Gasteiger partial charge in [0, 0.05) is 12.7 Å². The fourth-order valence-electron chi connectivity index (χ4n) is 2.54. The van der Waals surface area contributed by atoms with Crippen molar-refractivity contribution in [2.24, 2.45) is 0 Å². The summed E-state index contributed by atoms with van der Waals surface area (Å²) in [6.45, 7) is -1.04. The van der Waals surface area contributed by atoms with Gasteiger partial charge in [-0.25, -0.2) is 0 Å². The van der Waals surface area contributed by atoms with Crippen molar-refractivity contribution >= 4 is 35.1 Å². The molecule has 2 aromatic carbocycles. The van der Waals surface area contributed by atoms with Crippen LogP contribution in [0.2, 0.25) is 5.02 Å². The van der Waals surface area contributed by atoms with E-state index >= 15 is 0 Å². The number of hydrogen-bond donors (Lipinski definition) is 1. The fourth-order valence-corrected chi connectivity index (χ4v) is 2.76. The molecule has 0 saturated heterocycles. The van der Waals surface area contributed by atoms with Gasteiger partial charge in [0.15, 0.2) is 6.61 Å². The van der Waals surface area contributed by atoms with Crippen LogP contribution in [0.3, 0.4) is 0 Å². The zero-order valence-electron chi connectivity index (χ0n) is 17.2. The minimum atomic E-state index is -4.68. The number of anilines is 1. The van der Waals surface area contributed by atoms with Crippen molar-refractivity contribution in [3.05, 3.63) is 58.6 Å². The first-order valence-electron chi connectivity index (χ1n) is 9.18. The molecule has 1 N–H and O–H groups in total. The summed E-state index contributed by atoms with van der Waals surface area (Å²) in [5.74, 6) is -1.40. The van der Waals surface area contributed by atoms with E-state index in [1.165, 1.54) is 20.2 Å². The number of likely N-dealkylation sites (N-methyl/N-ethyl adjacent to an activating group) is 1. The van der Waals surface area contributed by atoms with Gasteiger partial charge >= 0.3 is 12.1 Å². The maximum atomic E-state index is 12.9. The van der Waals surface area contributed by atoms with Crippen molar-refractivity contribution in [2.45, 2.75) is 12.6 Å². The van der Waals surface area contributed by atoms with Crippen LogP contribution < -0.4 is 10.1 Å². The number of methoxy groups -OCH3 is 1. The Kier molecular flexibility index (Phi) is 8.48. The minimum Gasteiger partial charge on any atom is -0.497 e. The van der Waals surface area contributed by atoms with Gasteiger partial charge in [0.25, 0.3) is 5.91 Å². The van der Waals surface area contributed by atoms with Gasteiger partial charge in [0.2, 0.25) is 5.91 Å². The van der Waals surface area contributed by atoms with E-state index in [9.17, 15) is 27.6 Å². The van der Waals surface area contributed by atoms with E-state index < -0.39 is 47.7 Å². The number of carbonyl (C=O) groups excluding carboxylic acids is 3. The number of rotatable bonds is 8. The molecule has 0 aliphatic heterocycles. The molecule has 2 amide bonds. The first-order valence-corrected chi connectivity index (χ1v) is 9.56. The molecular weight excluding hydrogens is 453 g/mol. The first kappa shape index (κ1) is 25.0. The van der Waals surface area contributed by atoms with E-state index in [1.54, 1.807) is 24.3 Å². The van der Waals surface area contributed by atoms with Gasteiger partial charge in [-0.15, -0.1) is 0 Å². The molecule has 0 unspecified atom stereocenters. The first-order chi connectivity index (χ1) is 15.0. The zero-order chi connectivity index (χ0) is 23.9. The second-order valence-corrected chi connectivity index (χ2v) is 7.08. The maximum absolute atomic E-state index is 12.9. The van der Waals surface area contributed by atoms with Crippen molar-refractivity contribution in [3.63, 3.8) is 0 Å². The van der Waals surface area contributed by atoms with Crippen LogP contribution in [-0.2, 0) is 31.7 Å². The van der Waals surface area contributed by atoms with E-state index in [0.29, 0.717) is 17.4 Å². The number of carbonyl (C=O) groups is 3. The molecule has 7 nitrogen and oxygen atoms in total. The molecule has 0 aromatic heterocycles. The van der Waals surface area contributed by atoms with Crippen LogP contribution in [0.15, 0.2) is 42.5 Å². The zero-order valence-corrected chi connectivity index (χ0v) is 17.9. The number of nitrogens with zero attached hydrogens (tertiary/aromatic N) is 1. The van der Waals surface area contributed by atoms with E-state index in [-0.39, 0.29) is 12.1 Å². The highest BCUT2D eigenvalue weighted by Gasteiger charge is 2.33. The molecule has 2 rings (SSSR count). The predicted molar refractivity (Wildman–Crippen MR) is 110 cm³/mol. The topological polar surface area (TPSA) is 84.9 Å². The predicted octanol–water partition coefficient (Wildman–Crippen LogP) is 3.55. The Bertz CT molecular complexity index is 980. The molecule has 0 heterocycles. The highest BCUT2D eigenvalue weighted by molar-refractivity contribution is 6.31. The smallest absolute Gasteiger partial charge is 0.417 e. The van der Waals surface area contributed by atoms with Crippen LogP contribution in [0, 0.1) is 0 Å². The van der Waals surface area contributed by atoms with Gasteiger partial charge in [-0.3, -0.25) is 14.4 Å². The average molecular weight is 473 g/mol. The van der Waals surface area contributed by atoms with Crippen molar-refractivity contribution in [2.75, 3.05) is 32.6 Å². The lowest BCUT2D eigenvalue weighted by Crippen LogP contribution is -2.37. The van der Waals surface area contributed by atoms with Gasteiger partial charge in [0.05, 0.1) is 30.7 Å². The van der Waals surface area contributed by atoms with E-state index in [1.807, 2.05) is 0 Å². The molecule has 11 heteroatoms. The van der Waals surface area contributed by atoms with Gasteiger partial charge in [0.1, 0.15) is 5.75 Å². The summed E-state index contributed by atoms with van der Waals surface area (Å²) in [6, 6.07) is 9.63. The molecule has 0 atom stereocenters. The van der Waals surface area contributed by atoms with Crippen molar-refractivity contribution in [1.82, 2.24) is 4.90 Å². The van der Waals surface area contributed by atoms with Gasteiger partial charge in [-0.05, 0) is 35.9 Å². The number of hydrogen-bond acceptors (Lipinski definition) is 5. The third-order valence-corrected chi connectivity index (χ3v) is 4.56. The molecule has 0 saturated carbocycles. The third kappa shape index (κ3) is 7.45. The van der Waals surface area contributed by atoms with Crippen LogP contribution in [0.4, 0.5) is 18.9 Å². The van der Waals surface area contributed by atoms with Crippen LogP contribution in [0.5, 0.6) is 5.75 Å². The molecule has 0 radical (unpaired) electrons. The Balaban J connectivity index is 1.82. The molecule has 172 valence electrons. The summed E-state index contributed by atoms with van der Waals surface area (Å²) in [5.41, 5.74) is -0.555. The van der Waals surface area contributed by atoms with E-state index in [2.05, 4.69) is 5.32 Å². The maximum Gasteiger partial charge on any atom is 0.417 e. The monoisotopic (exact) mass is 472 g/mol. The number of amides is 2. The molecule has 0 spiro atoms. The number of benzene rings is 2. The Labute approximate surface area is 187 Å². The molecule has 0 bridgehead atoms. The number of ether oxygens (including phenoxy) is 2. The second-order valence-electron chi connectivity index (χ2n) is 6.68. The van der Waals surface area contributed by atoms with Crippen LogP contribution in [0.25, 0.3) is 0 Å². The molecule has 2 aromatic rings. The standard InChI is InChI=1S/C21H20ClF3N2O5/c1-27(11-18(28)26-14-5-8-17(22)16(10-14)21(23,24)25)19(29)12-32-20(30)9-13-3-6-15(31-2)7-4-13/h3-8,10H,9,11-12H2,1-2H3,(H,26,28). The fraction of sp³-hybridized carbons (Fsp3) is 0.286. The van der Waals surface area contributed by atoms with Crippen LogP contribution >= 0.6 is 11.6 Å². The second kappa shape index (κ2) is 10.9. The summed E-state index contributed by atoms with van der Waals surface area (Å²) in [5, 5.41) is 1.76. The normalized spacial score (nSPS) is 10.9. The Morgan fingerprint density at radius 1 is 1.09 bits per heavy atom.